The van der Waals surface area contributed by atoms with Gasteiger partial charge in [-0.05, 0) is 66.4 Å². The van der Waals surface area contributed by atoms with E-state index >= 15 is 0 Å². The minimum atomic E-state index is -1.35. The molecule has 2 amide bonds. The van der Waals surface area contributed by atoms with E-state index in [4.69, 9.17) is 0 Å². The Morgan fingerprint density at radius 2 is 1.76 bits per heavy atom. The highest BCUT2D eigenvalue weighted by Crippen LogP contribution is 2.35. The van der Waals surface area contributed by atoms with Crippen LogP contribution in [-0.2, 0) is 17.9 Å². The number of nitrogens with one attached hydrogen (secondary N) is 1. The van der Waals surface area contributed by atoms with Crippen LogP contribution in [0.1, 0.15) is 23.0 Å². The number of aromatic nitrogens is 2. The molecular weight excluding hydrogens is 458 g/mol. The Labute approximate surface area is 198 Å². The second-order valence-corrected chi connectivity index (χ2v) is 9.20. The fraction of sp³-hybridized carbons (Fsp3) is 0.160. The Bertz CT molecular complexity index is 1350. The lowest BCUT2D eigenvalue weighted by Crippen LogP contribution is -2.64. The number of fused-ring (bicyclic) bond motifs is 1. The predicted octanol–water partition coefficient (Wildman–Crippen LogP) is 4.63. The summed E-state index contributed by atoms with van der Waals surface area (Å²) in [5.74, 6) is -1.63. The third-order valence-electron chi connectivity index (χ3n) is 5.87. The van der Waals surface area contributed by atoms with E-state index < -0.39 is 23.2 Å². The molecule has 1 N–H and O–H groups in total. The Kier molecular flexibility index (Phi) is 5.49. The van der Waals surface area contributed by atoms with Crippen LogP contribution < -0.4 is 10.2 Å². The molecule has 0 saturated heterocycles. The first-order valence-electron chi connectivity index (χ1n) is 10.6. The Hall–Kier alpha value is -3.85. The zero-order chi connectivity index (χ0) is 23.9. The van der Waals surface area contributed by atoms with Crippen LogP contribution in [0.15, 0.2) is 72.1 Å². The van der Waals surface area contributed by atoms with Crippen molar-refractivity contribution < 1.29 is 18.4 Å². The van der Waals surface area contributed by atoms with Gasteiger partial charge in [0.2, 0.25) is 5.91 Å². The molecule has 34 heavy (non-hydrogen) atoms. The van der Waals surface area contributed by atoms with E-state index in [2.05, 4.69) is 10.4 Å². The van der Waals surface area contributed by atoms with Gasteiger partial charge in [0.25, 0.3) is 5.91 Å². The highest BCUT2D eigenvalue weighted by molar-refractivity contribution is 7.13. The molecule has 1 atom stereocenters. The maximum Gasteiger partial charge on any atom is 0.277 e. The molecular formula is C25H20F2N4O2S. The minimum Gasteiger partial charge on any atom is -0.350 e. The van der Waals surface area contributed by atoms with Crippen molar-refractivity contribution in [3.63, 3.8) is 0 Å². The number of halogens is 2. The van der Waals surface area contributed by atoms with Crippen LogP contribution in [0.25, 0.3) is 10.6 Å². The standard InChI is InChI=1S/C25H20F2N4O2S/c1-25(24(33)28-14-16-4-6-17(26)7-5-16)15-30-21(13-20(29-30)22-3-2-12-34-22)23(32)31(25)19-10-8-18(27)9-11-19/h2-13H,14-15H2,1H3,(H,28,33). The summed E-state index contributed by atoms with van der Waals surface area (Å²) < 4.78 is 28.4. The highest BCUT2D eigenvalue weighted by Gasteiger charge is 2.48. The van der Waals surface area contributed by atoms with Gasteiger partial charge in [0.05, 0.1) is 11.4 Å². The summed E-state index contributed by atoms with van der Waals surface area (Å²) in [5.41, 5.74) is 0.759. The number of carbonyl (C=O) groups is 2. The molecule has 3 heterocycles. The third kappa shape index (κ3) is 3.88. The van der Waals surface area contributed by atoms with Gasteiger partial charge in [-0.25, -0.2) is 8.78 Å². The maximum atomic E-state index is 13.7. The van der Waals surface area contributed by atoms with Gasteiger partial charge in [-0.1, -0.05) is 18.2 Å². The van der Waals surface area contributed by atoms with Gasteiger partial charge in [-0.15, -0.1) is 11.3 Å². The first-order chi connectivity index (χ1) is 16.3. The summed E-state index contributed by atoms with van der Waals surface area (Å²) in [6.45, 7) is 1.92. The molecule has 172 valence electrons. The molecule has 1 unspecified atom stereocenters. The monoisotopic (exact) mass is 478 g/mol. The van der Waals surface area contributed by atoms with Crippen LogP contribution in [0.5, 0.6) is 0 Å². The van der Waals surface area contributed by atoms with Crippen LogP contribution in [0, 0.1) is 11.6 Å². The van der Waals surface area contributed by atoms with Crippen molar-refractivity contribution in [3.05, 3.63) is 95.0 Å². The second kappa shape index (κ2) is 8.49. The normalized spacial score (nSPS) is 17.5. The molecule has 0 spiro atoms. The summed E-state index contributed by atoms with van der Waals surface area (Å²) in [6.07, 6.45) is 0. The van der Waals surface area contributed by atoms with Crippen LogP contribution in [0.4, 0.5) is 14.5 Å². The van der Waals surface area contributed by atoms with Crippen molar-refractivity contribution in [1.29, 1.82) is 0 Å². The van der Waals surface area contributed by atoms with Gasteiger partial charge in [0.1, 0.15) is 28.6 Å². The Morgan fingerprint density at radius 3 is 2.41 bits per heavy atom. The van der Waals surface area contributed by atoms with Gasteiger partial charge >= 0.3 is 0 Å². The van der Waals surface area contributed by atoms with Crippen molar-refractivity contribution in [1.82, 2.24) is 15.1 Å². The van der Waals surface area contributed by atoms with Crippen LogP contribution in [0.2, 0.25) is 0 Å². The summed E-state index contributed by atoms with van der Waals surface area (Å²) in [4.78, 5) is 29.5. The number of benzene rings is 2. The molecule has 2 aromatic carbocycles. The number of carbonyl (C=O) groups excluding carboxylic acids is 2. The van der Waals surface area contributed by atoms with Crippen LogP contribution >= 0.6 is 11.3 Å². The van der Waals surface area contributed by atoms with Gasteiger partial charge in [0, 0.05) is 12.2 Å². The lowest BCUT2D eigenvalue weighted by Gasteiger charge is -2.43. The van der Waals surface area contributed by atoms with E-state index in [-0.39, 0.29) is 18.9 Å². The smallest absolute Gasteiger partial charge is 0.277 e. The number of nitrogens with zero attached hydrogens (tertiary/aromatic N) is 3. The number of amides is 2. The number of hydrogen-bond donors (Lipinski definition) is 1. The molecule has 1 aliphatic rings. The first-order valence-corrected chi connectivity index (χ1v) is 11.5. The van der Waals surface area contributed by atoms with Crippen molar-refractivity contribution in [3.8, 4) is 10.6 Å². The molecule has 6 nitrogen and oxygen atoms in total. The molecule has 0 saturated carbocycles. The molecule has 0 aliphatic carbocycles. The number of anilines is 1. The summed E-state index contributed by atoms with van der Waals surface area (Å²) in [6, 6.07) is 16.8. The number of thiophene rings is 1. The summed E-state index contributed by atoms with van der Waals surface area (Å²) in [5, 5.41) is 9.37. The summed E-state index contributed by atoms with van der Waals surface area (Å²) in [7, 11) is 0. The molecule has 9 heteroatoms. The van der Waals surface area contributed by atoms with E-state index in [9.17, 15) is 18.4 Å². The van der Waals surface area contributed by atoms with Crippen molar-refractivity contribution in [2.24, 2.45) is 0 Å². The van der Waals surface area contributed by atoms with E-state index in [1.54, 1.807) is 29.8 Å². The zero-order valence-corrected chi connectivity index (χ0v) is 19.0. The molecule has 5 rings (SSSR count). The molecule has 0 bridgehead atoms. The van der Waals surface area contributed by atoms with E-state index in [1.807, 2.05) is 17.5 Å². The van der Waals surface area contributed by atoms with Crippen LogP contribution in [-0.4, -0.2) is 27.1 Å². The van der Waals surface area contributed by atoms with E-state index in [0.29, 0.717) is 22.6 Å². The highest BCUT2D eigenvalue weighted by atomic mass is 32.1. The Morgan fingerprint density at radius 1 is 1.09 bits per heavy atom. The summed E-state index contributed by atoms with van der Waals surface area (Å²) >= 11 is 1.50. The maximum absolute atomic E-state index is 13.7. The zero-order valence-electron chi connectivity index (χ0n) is 18.2. The minimum absolute atomic E-state index is 0.103. The quantitative estimate of drug-likeness (QED) is 0.455. The Balaban J connectivity index is 1.52. The average molecular weight is 479 g/mol. The molecule has 4 aromatic rings. The van der Waals surface area contributed by atoms with Gasteiger partial charge in [0.15, 0.2) is 0 Å². The molecule has 0 radical (unpaired) electrons. The van der Waals surface area contributed by atoms with Gasteiger partial charge < -0.3 is 5.32 Å². The molecule has 0 fully saturated rings. The van der Waals surface area contributed by atoms with Gasteiger partial charge in [-0.3, -0.25) is 19.2 Å². The number of hydrogen-bond acceptors (Lipinski definition) is 4. The lowest BCUT2D eigenvalue weighted by molar-refractivity contribution is -0.126. The fourth-order valence-electron chi connectivity index (χ4n) is 4.10. The second-order valence-electron chi connectivity index (χ2n) is 8.25. The van der Waals surface area contributed by atoms with Gasteiger partial charge in [-0.2, -0.15) is 5.10 Å². The average Bonchev–Trinajstić information content (AvgIpc) is 3.50. The van der Waals surface area contributed by atoms with E-state index in [1.165, 1.54) is 52.6 Å². The number of rotatable bonds is 5. The van der Waals surface area contributed by atoms with Crippen molar-refractivity contribution >= 4 is 28.8 Å². The molecule has 1 aliphatic heterocycles. The van der Waals surface area contributed by atoms with E-state index in [0.717, 1.165) is 4.88 Å². The fourth-order valence-corrected chi connectivity index (χ4v) is 4.78. The predicted molar refractivity (Wildman–Crippen MR) is 125 cm³/mol. The third-order valence-corrected chi connectivity index (χ3v) is 6.76. The largest absolute Gasteiger partial charge is 0.350 e. The topological polar surface area (TPSA) is 67.2 Å². The SMILES string of the molecule is CC1(C(=O)NCc2ccc(F)cc2)Cn2nc(-c3cccs3)cc2C(=O)N1c1ccc(F)cc1. The van der Waals surface area contributed by atoms with Crippen LogP contribution in [0.3, 0.4) is 0 Å². The van der Waals surface area contributed by atoms with Crippen molar-refractivity contribution in [2.45, 2.75) is 25.6 Å². The first kappa shape index (κ1) is 22.0. The lowest BCUT2D eigenvalue weighted by atomic mass is 9.94. The van der Waals surface area contributed by atoms with Crippen molar-refractivity contribution in [2.75, 3.05) is 4.90 Å². The molecule has 2 aromatic heterocycles.